The van der Waals surface area contributed by atoms with Crippen LogP contribution in [0.1, 0.15) is 71.3 Å². The zero-order valence-corrected chi connectivity index (χ0v) is 21.8. The predicted molar refractivity (Wildman–Crippen MR) is 137 cm³/mol. The first-order valence-corrected chi connectivity index (χ1v) is 11.8. The molecule has 8 heteroatoms. The fourth-order valence-electron chi connectivity index (χ4n) is 2.70. The minimum absolute atomic E-state index is 0.0483. The van der Waals surface area contributed by atoms with Crippen molar-refractivity contribution in [3.8, 4) is 0 Å². The van der Waals surface area contributed by atoms with Crippen molar-refractivity contribution in [1.29, 1.82) is 0 Å². The fraction of sp³-hybridized carbons (Fsp3) is 0.444. The molecule has 1 aromatic rings. The highest BCUT2D eigenvalue weighted by atomic mass is 19.4. The number of nitrogens with zero attached hydrogens (tertiary/aromatic N) is 2. The number of nitrogens with one attached hydrogen (secondary N) is 1. The van der Waals surface area contributed by atoms with Gasteiger partial charge in [0.05, 0.1) is 24.9 Å². The van der Waals surface area contributed by atoms with Crippen LogP contribution in [0.3, 0.4) is 0 Å². The Morgan fingerprint density at radius 2 is 1.91 bits per heavy atom. The summed E-state index contributed by atoms with van der Waals surface area (Å²) >= 11 is 0. The SMILES string of the molecule is CC.C\C=C/C(=C\C(=C/CCC)C(F)(F)F)C(N=C(CNC(=O)c1ccccn1)OC)=C(C)CC. The van der Waals surface area contributed by atoms with Crippen LogP contribution in [0.2, 0.25) is 0 Å². The Morgan fingerprint density at radius 1 is 1.23 bits per heavy atom. The van der Waals surface area contributed by atoms with E-state index in [1.165, 1.54) is 19.4 Å². The van der Waals surface area contributed by atoms with E-state index in [-0.39, 0.29) is 18.1 Å². The highest BCUT2D eigenvalue weighted by molar-refractivity contribution is 5.95. The quantitative estimate of drug-likeness (QED) is 0.210. The molecular formula is C27H38F3N3O2. The molecule has 0 aliphatic heterocycles. The molecule has 0 fully saturated rings. The topological polar surface area (TPSA) is 63.6 Å². The lowest BCUT2D eigenvalue weighted by Gasteiger charge is -2.14. The number of allylic oxidation sites excluding steroid dienone is 6. The first kappa shape index (κ1) is 31.8. The monoisotopic (exact) mass is 493 g/mol. The van der Waals surface area contributed by atoms with Crippen LogP contribution >= 0.6 is 0 Å². The van der Waals surface area contributed by atoms with Gasteiger partial charge in [-0.05, 0) is 50.5 Å². The number of carbonyl (C=O) groups is 1. The van der Waals surface area contributed by atoms with Gasteiger partial charge in [0.2, 0.25) is 5.90 Å². The van der Waals surface area contributed by atoms with Crippen molar-refractivity contribution in [3.05, 3.63) is 76.8 Å². The van der Waals surface area contributed by atoms with Crippen molar-refractivity contribution < 1.29 is 22.7 Å². The van der Waals surface area contributed by atoms with Gasteiger partial charge in [0, 0.05) is 11.8 Å². The number of methoxy groups -OCH3 is 1. The van der Waals surface area contributed by atoms with Gasteiger partial charge in [-0.3, -0.25) is 9.78 Å². The molecule has 0 saturated heterocycles. The van der Waals surface area contributed by atoms with Crippen LogP contribution in [-0.4, -0.2) is 36.6 Å². The molecule has 0 spiro atoms. The van der Waals surface area contributed by atoms with Gasteiger partial charge in [-0.1, -0.05) is 58.4 Å². The van der Waals surface area contributed by atoms with E-state index < -0.39 is 17.7 Å². The largest absolute Gasteiger partial charge is 0.483 e. The third-order valence-electron chi connectivity index (χ3n) is 4.62. The van der Waals surface area contributed by atoms with Crippen LogP contribution in [0.5, 0.6) is 0 Å². The van der Waals surface area contributed by atoms with Crippen LogP contribution in [0, 0.1) is 0 Å². The number of alkyl halides is 3. The van der Waals surface area contributed by atoms with Crippen molar-refractivity contribution in [2.75, 3.05) is 13.7 Å². The molecule has 0 unspecified atom stereocenters. The van der Waals surface area contributed by atoms with Gasteiger partial charge in [-0.2, -0.15) is 13.2 Å². The summed E-state index contributed by atoms with van der Waals surface area (Å²) < 4.78 is 46.2. The number of pyridine rings is 1. The average molecular weight is 494 g/mol. The average Bonchev–Trinajstić information content (AvgIpc) is 2.86. The number of aliphatic imine (C=N–C) groups is 1. The van der Waals surface area contributed by atoms with E-state index >= 15 is 0 Å². The molecule has 35 heavy (non-hydrogen) atoms. The molecule has 5 nitrogen and oxygen atoms in total. The summed E-state index contributed by atoms with van der Waals surface area (Å²) in [5.41, 5.74) is 0.964. The maximum Gasteiger partial charge on any atom is 0.416 e. The summed E-state index contributed by atoms with van der Waals surface area (Å²) in [6.45, 7) is 11.2. The van der Waals surface area contributed by atoms with E-state index in [2.05, 4.69) is 15.3 Å². The lowest BCUT2D eigenvalue weighted by molar-refractivity contribution is -0.0884. The first-order valence-electron chi connectivity index (χ1n) is 11.8. The molecular weight excluding hydrogens is 455 g/mol. The number of hydrogen-bond acceptors (Lipinski definition) is 4. The van der Waals surface area contributed by atoms with E-state index in [0.717, 1.165) is 11.6 Å². The third-order valence-corrected chi connectivity index (χ3v) is 4.62. The molecule has 0 aliphatic carbocycles. The number of unbranched alkanes of at least 4 members (excludes halogenated alkanes) is 1. The van der Waals surface area contributed by atoms with E-state index in [0.29, 0.717) is 30.5 Å². The fourth-order valence-corrected chi connectivity index (χ4v) is 2.70. The normalized spacial score (nSPS) is 13.7. The molecule has 1 N–H and O–H groups in total. The molecule has 194 valence electrons. The number of rotatable bonds is 10. The third kappa shape index (κ3) is 11.7. The molecule has 0 radical (unpaired) electrons. The van der Waals surface area contributed by atoms with Gasteiger partial charge < -0.3 is 10.1 Å². The summed E-state index contributed by atoms with van der Waals surface area (Å²) in [6.07, 6.45) is 4.05. The number of halogens is 3. The van der Waals surface area contributed by atoms with Gasteiger partial charge in [0.1, 0.15) is 5.69 Å². The number of ether oxygens (including phenoxy) is 1. The van der Waals surface area contributed by atoms with Crippen molar-refractivity contribution in [1.82, 2.24) is 10.3 Å². The molecule has 1 aromatic heterocycles. The Hall–Kier alpha value is -3.16. The van der Waals surface area contributed by atoms with Crippen molar-refractivity contribution in [2.24, 2.45) is 4.99 Å². The summed E-state index contributed by atoms with van der Waals surface area (Å²) in [5, 5.41) is 2.67. The first-order chi connectivity index (χ1) is 16.7. The van der Waals surface area contributed by atoms with Gasteiger partial charge in [0.25, 0.3) is 5.91 Å². The summed E-state index contributed by atoms with van der Waals surface area (Å²) in [4.78, 5) is 20.8. The van der Waals surface area contributed by atoms with E-state index in [9.17, 15) is 18.0 Å². The van der Waals surface area contributed by atoms with Crippen LogP contribution in [-0.2, 0) is 4.74 Å². The van der Waals surface area contributed by atoms with Crippen LogP contribution in [0.15, 0.2) is 76.1 Å². The second-order valence-corrected chi connectivity index (χ2v) is 7.14. The Labute approximate surface area is 207 Å². The molecule has 0 saturated carbocycles. The zero-order valence-electron chi connectivity index (χ0n) is 21.8. The molecule has 0 bridgehead atoms. The number of hydrogen-bond donors (Lipinski definition) is 1. The van der Waals surface area contributed by atoms with Gasteiger partial charge in [0.15, 0.2) is 0 Å². The van der Waals surface area contributed by atoms with Crippen molar-refractivity contribution in [2.45, 2.75) is 67.0 Å². The highest BCUT2D eigenvalue weighted by Crippen LogP contribution is 2.31. The summed E-state index contributed by atoms with van der Waals surface area (Å²) in [6, 6.07) is 4.96. The molecule has 0 aliphatic rings. The highest BCUT2D eigenvalue weighted by Gasteiger charge is 2.32. The summed E-state index contributed by atoms with van der Waals surface area (Å²) in [5.74, 6) is -0.257. The number of carbonyl (C=O) groups excluding carboxylic acids is 1. The molecule has 0 aromatic carbocycles. The standard InChI is InChI=1S/C25H32F3N3O2.C2H6/c1-6-9-13-20(25(26,27)28)16-19(12-7-2)23(18(4)8-3)31-22(33-5)17-30-24(32)21-14-10-11-15-29-21;1-2/h7,10-16H,6,8-9,17H2,1-5H3,(H,30,32);1-2H3/b12-7-,19-16+,20-13+,23-18?,31-22?;. The molecule has 1 amide bonds. The minimum Gasteiger partial charge on any atom is -0.483 e. The lowest BCUT2D eigenvalue weighted by atomic mass is 10.0. The maximum absolute atomic E-state index is 13.6. The second-order valence-electron chi connectivity index (χ2n) is 7.14. The Kier molecular flexibility index (Phi) is 15.7. The van der Waals surface area contributed by atoms with Crippen LogP contribution in [0.25, 0.3) is 0 Å². The van der Waals surface area contributed by atoms with E-state index in [1.54, 1.807) is 44.2 Å². The zero-order chi connectivity index (χ0) is 26.9. The number of aromatic nitrogens is 1. The Bertz CT molecular complexity index is 929. The van der Waals surface area contributed by atoms with Gasteiger partial charge in [-0.25, -0.2) is 4.99 Å². The van der Waals surface area contributed by atoms with Crippen LogP contribution in [0.4, 0.5) is 13.2 Å². The smallest absolute Gasteiger partial charge is 0.416 e. The van der Waals surface area contributed by atoms with Gasteiger partial charge >= 0.3 is 6.18 Å². The number of amides is 1. The second kappa shape index (κ2) is 17.3. The van der Waals surface area contributed by atoms with Crippen molar-refractivity contribution in [3.63, 3.8) is 0 Å². The van der Waals surface area contributed by atoms with Crippen molar-refractivity contribution >= 4 is 11.8 Å². The van der Waals surface area contributed by atoms with Crippen LogP contribution < -0.4 is 5.32 Å². The Balaban J connectivity index is 0.00000562. The summed E-state index contributed by atoms with van der Waals surface area (Å²) in [7, 11) is 1.39. The maximum atomic E-state index is 13.6. The minimum atomic E-state index is -4.49. The van der Waals surface area contributed by atoms with E-state index in [1.807, 2.05) is 27.7 Å². The van der Waals surface area contributed by atoms with Gasteiger partial charge in [-0.15, -0.1) is 0 Å². The molecule has 0 atom stereocenters. The molecule has 1 heterocycles. The molecule has 1 rings (SSSR count). The lowest BCUT2D eigenvalue weighted by Crippen LogP contribution is -2.31. The Morgan fingerprint density at radius 3 is 2.40 bits per heavy atom. The van der Waals surface area contributed by atoms with E-state index in [4.69, 9.17) is 4.74 Å². The predicted octanol–water partition coefficient (Wildman–Crippen LogP) is 7.36.